The Morgan fingerprint density at radius 2 is 2.00 bits per heavy atom. The van der Waals surface area contributed by atoms with Gasteiger partial charge >= 0.3 is 0 Å². The zero-order valence-corrected chi connectivity index (χ0v) is 9.20. The molecule has 0 aliphatic rings. The van der Waals surface area contributed by atoms with Crippen LogP contribution in [0, 0.1) is 5.41 Å². The maximum atomic E-state index is 4.04. The van der Waals surface area contributed by atoms with Gasteiger partial charge in [0.05, 0.1) is 0 Å². The van der Waals surface area contributed by atoms with Gasteiger partial charge in [-0.05, 0) is 13.3 Å². The standard InChI is InChI=1S/C11H23N/c1-7-11(6,9(2)3)8-12-10(4)5/h10,12H,2,7-8H2,1,3-6H3. The van der Waals surface area contributed by atoms with Crippen LogP contribution in [0.4, 0.5) is 0 Å². The summed E-state index contributed by atoms with van der Waals surface area (Å²) >= 11 is 0. The third kappa shape index (κ3) is 3.40. The van der Waals surface area contributed by atoms with Crippen LogP contribution < -0.4 is 5.32 Å². The lowest BCUT2D eigenvalue weighted by molar-refractivity contribution is 0.342. The summed E-state index contributed by atoms with van der Waals surface area (Å²) in [4.78, 5) is 0. The molecule has 0 aromatic carbocycles. The summed E-state index contributed by atoms with van der Waals surface area (Å²) in [5.74, 6) is 0. The fourth-order valence-electron chi connectivity index (χ4n) is 1.01. The van der Waals surface area contributed by atoms with Crippen LogP contribution in [0.25, 0.3) is 0 Å². The van der Waals surface area contributed by atoms with Gasteiger partial charge in [-0.1, -0.05) is 39.8 Å². The number of nitrogens with one attached hydrogen (secondary N) is 1. The minimum Gasteiger partial charge on any atom is -0.314 e. The van der Waals surface area contributed by atoms with E-state index in [1.165, 1.54) is 5.57 Å². The van der Waals surface area contributed by atoms with E-state index >= 15 is 0 Å². The molecule has 12 heavy (non-hydrogen) atoms. The number of hydrogen-bond acceptors (Lipinski definition) is 1. The molecule has 1 unspecified atom stereocenters. The van der Waals surface area contributed by atoms with Crippen LogP contribution in [-0.2, 0) is 0 Å². The van der Waals surface area contributed by atoms with Crippen molar-refractivity contribution in [1.82, 2.24) is 5.32 Å². The van der Waals surface area contributed by atoms with Crippen molar-refractivity contribution < 1.29 is 0 Å². The SMILES string of the molecule is C=C(C)C(C)(CC)CNC(C)C. The molecule has 0 aromatic heterocycles. The van der Waals surface area contributed by atoms with Gasteiger partial charge < -0.3 is 5.32 Å². The first-order valence-electron chi connectivity index (χ1n) is 4.81. The molecule has 0 spiro atoms. The topological polar surface area (TPSA) is 12.0 Å². The molecular formula is C11H23N. The minimum atomic E-state index is 0.268. The predicted molar refractivity (Wildman–Crippen MR) is 56.4 cm³/mol. The Bertz CT molecular complexity index is 149. The highest BCUT2D eigenvalue weighted by molar-refractivity contribution is 5.05. The Kier molecular flexibility index (Phi) is 4.54. The fraction of sp³-hybridized carbons (Fsp3) is 0.818. The van der Waals surface area contributed by atoms with Gasteiger partial charge in [-0.3, -0.25) is 0 Å². The van der Waals surface area contributed by atoms with Crippen LogP contribution in [0.1, 0.15) is 41.0 Å². The van der Waals surface area contributed by atoms with E-state index in [1.807, 2.05) is 0 Å². The van der Waals surface area contributed by atoms with Crippen LogP contribution in [0.3, 0.4) is 0 Å². The van der Waals surface area contributed by atoms with Crippen LogP contribution in [0.5, 0.6) is 0 Å². The van der Waals surface area contributed by atoms with Crippen molar-refractivity contribution in [2.75, 3.05) is 6.54 Å². The molecular weight excluding hydrogens is 146 g/mol. The largest absolute Gasteiger partial charge is 0.314 e. The monoisotopic (exact) mass is 169 g/mol. The second-order valence-corrected chi connectivity index (χ2v) is 4.23. The van der Waals surface area contributed by atoms with E-state index < -0.39 is 0 Å². The first-order chi connectivity index (χ1) is 5.42. The van der Waals surface area contributed by atoms with E-state index in [0.717, 1.165) is 13.0 Å². The van der Waals surface area contributed by atoms with E-state index in [2.05, 4.69) is 46.5 Å². The maximum absolute atomic E-state index is 4.04. The average Bonchev–Trinajstić information content (AvgIpc) is 1.99. The molecule has 1 nitrogen and oxygen atoms in total. The first-order valence-corrected chi connectivity index (χ1v) is 4.81. The Morgan fingerprint density at radius 3 is 2.25 bits per heavy atom. The average molecular weight is 169 g/mol. The summed E-state index contributed by atoms with van der Waals surface area (Å²) in [7, 11) is 0. The summed E-state index contributed by atoms with van der Waals surface area (Å²) in [5, 5.41) is 3.46. The van der Waals surface area contributed by atoms with Gasteiger partial charge in [0.15, 0.2) is 0 Å². The van der Waals surface area contributed by atoms with Crippen molar-refractivity contribution in [1.29, 1.82) is 0 Å². The summed E-state index contributed by atoms with van der Waals surface area (Å²) < 4.78 is 0. The predicted octanol–water partition coefficient (Wildman–Crippen LogP) is 2.98. The highest BCUT2D eigenvalue weighted by Crippen LogP contribution is 2.28. The molecule has 72 valence electrons. The molecule has 0 amide bonds. The summed E-state index contributed by atoms with van der Waals surface area (Å²) in [6.07, 6.45) is 1.15. The van der Waals surface area contributed by atoms with E-state index in [9.17, 15) is 0 Å². The zero-order chi connectivity index (χ0) is 9.78. The fourth-order valence-corrected chi connectivity index (χ4v) is 1.01. The van der Waals surface area contributed by atoms with Crippen molar-refractivity contribution in [3.05, 3.63) is 12.2 Å². The molecule has 1 atom stereocenters. The Labute approximate surface area is 77.2 Å². The van der Waals surface area contributed by atoms with Crippen molar-refractivity contribution in [2.24, 2.45) is 5.41 Å². The van der Waals surface area contributed by atoms with Crippen molar-refractivity contribution in [3.63, 3.8) is 0 Å². The lowest BCUT2D eigenvalue weighted by atomic mass is 9.81. The third-order valence-electron chi connectivity index (χ3n) is 2.71. The summed E-state index contributed by atoms with van der Waals surface area (Å²) in [5.41, 5.74) is 1.54. The molecule has 0 saturated heterocycles. The molecule has 1 heteroatoms. The lowest BCUT2D eigenvalue weighted by Crippen LogP contribution is -2.35. The van der Waals surface area contributed by atoms with E-state index in [1.54, 1.807) is 0 Å². The number of rotatable bonds is 5. The van der Waals surface area contributed by atoms with Gasteiger partial charge in [-0.2, -0.15) is 0 Å². The first kappa shape index (κ1) is 11.7. The van der Waals surface area contributed by atoms with E-state index in [0.29, 0.717) is 6.04 Å². The highest BCUT2D eigenvalue weighted by Gasteiger charge is 2.22. The molecule has 0 bridgehead atoms. The highest BCUT2D eigenvalue weighted by atomic mass is 14.9. The second-order valence-electron chi connectivity index (χ2n) is 4.23. The molecule has 0 rings (SSSR count). The van der Waals surface area contributed by atoms with Crippen LogP contribution in [0.2, 0.25) is 0 Å². The third-order valence-corrected chi connectivity index (χ3v) is 2.71. The normalized spacial score (nSPS) is 16.2. The minimum absolute atomic E-state index is 0.268. The van der Waals surface area contributed by atoms with Crippen LogP contribution >= 0.6 is 0 Å². The molecule has 0 radical (unpaired) electrons. The van der Waals surface area contributed by atoms with Crippen LogP contribution in [0.15, 0.2) is 12.2 Å². The van der Waals surface area contributed by atoms with E-state index in [4.69, 9.17) is 0 Å². The maximum Gasteiger partial charge on any atom is 0.00446 e. The Morgan fingerprint density at radius 1 is 1.50 bits per heavy atom. The smallest absolute Gasteiger partial charge is 0.00446 e. The summed E-state index contributed by atoms with van der Waals surface area (Å²) in [6.45, 7) is 16.0. The molecule has 0 fully saturated rings. The van der Waals surface area contributed by atoms with Gasteiger partial charge in [-0.15, -0.1) is 0 Å². The Hall–Kier alpha value is -0.300. The quantitative estimate of drug-likeness (QED) is 0.624. The molecule has 0 heterocycles. The zero-order valence-electron chi connectivity index (χ0n) is 9.20. The van der Waals surface area contributed by atoms with Gasteiger partial charge in [0.2, 0.25) is 0 Å². The van der Waals surface area contributed by atoms with Gasteiger partial charge in [0, 0.05) is 18.0 Å². The summed E-state index contributed by atoms with van der Waals surface area (Å²) in [6, 6.07) is 0.565. The van der Waals surface area contributed by atoms with Gasteiger partial charge in [0.25, 0.3) is 0 Å². The number of hydrogen-bond donors (Lipinski definition) is 1. The lowest BCUT2D eigenvalue weighted by Gasteiger charge is -2.30. The molecule has 0 saturated carbocycles. The molecule has 1 N–H and O–H groups in total. The van der Waals surface area contributed by atoms with Gasteiger partial charge in [-0.25, -0.2) is 0 Å². The Balaban J connectivity index is 4.06. The van der Waals surface area contributed by atoms with E-state index in [-0.39, 0.29) is 5.41 Å². The molecule has 0 aromatic rings. The van der Waals surface area contributed by atoms with Crippen molar-refractivity contribution in [3.8, 4) is 0 Å². The molecule has 0 aliphatic heterocycles. The van der Waals surface area contributed by atoms with Crippen molar-refractivity contribution >= 4 is 0 Å². The second kappa shape index (κ2) is 4.66. The van der Waals surface area contributed by atoms with Crippen LogP contribution in [-0.4, -0.2) is 12.6 Å². The van der Waals surface area contributed by atoms with Gasteiger partial charge in [0.1, 0.15) is 0 Å². The molecule has 0 aliphatic carbocycles. The van der Waals surface area contributed by atoms with Crippen molar-refractivity contribution in [2.45, 2.75) is 47.1 Å².